The van der Waals surface area contributed by atoms with Gasteiger partial charge in [0.2, 0.25) is 5.91 Å². The molecule has 172 valence electrons. The molecule has 2 aromatic carbocycles. The maximum absolute atomic E-state index is 13.1. The zero-order valence-corrected chi connectivity index (χ0v) is 20.0. The fourth-order valence-corrected chi connectivity index (χ4v) is 4.90. The van der Waals surface area contributed by atoms with Crippen LogP contribution in [0.3, 0.4) is 0 Å². The van der Waals surface area contributed by atoms with Gasteiger partial charge < -0.3 is 11.1 Å². The van der Waals surface area contributed by atoms with Crippen molar-refractivity contribution in [3.05, 3.63) is 65.5 Å². The summed E-state index contributed by atoms with van der Waals surface area (Å²) < 4.78 is 31.5. The summed E-state index contributed by atoms with van der Waals surface area (Å²) in [6.45, 7) is 1.84. The molecule has 6 nitrogen and oxygen atoms in total. The summed E-state index contributed by atoms with van der Waals surface area (Å²) in [5.41, 5.74) is 7.51. The molecule has 3 unspecified atom stereocenters. The van der Waals surface area contributed by atoms with Gasteiger partial charge in [0.05, 0.1) is 22.4 Å². The molecule has 0 saturated heterocycles. The highest BCUT2D eigenvalue weighted by atomic mass is 79.9. The van der Waals surface area contributed by atoms with Gasteiger partial charge in [0, 0.05) is 17.5 Å². The van der Waals surface area contributed by atoms with Crippen LogP contribution >= 0.6 is 15.9 Å². The Kier molecular flexibility index (Phi) is 8.70. The van der Waals surface area contributed by atoms with E-state index < -0.39 is 17.2 Å². The summed E-state index contributed by atoms with van der Waals surface area (Å²) in [6.07, 6.45) is 1.00. The maximum atomic E-state index is 13.1. The minimum atomic E-state index is -1.77. The monoisotopic (exact) mass is 524 g/mol. The summed E-state index contributed by atoms with van der Waals surface area (Å²) in [6, 6.07) is 11.8. The number of Topliss-reactive ketones (excluding diaryl/α,β-unsaturated/α-hetero) is 1. The second kappa shape index (κ2) is 11.3. The number of carbonyl (C=O) groups is 2. The number of halogens is 2. The van der Waals surface area contributed by atoms with Crippen molar-refractivity contribution >= 4 is 38.7 Å². The molecule has 3 rings (SSSR count). The molecule has 2 aromatic rings. The van der Waals surface area contributed by atoms with Crippen LogP contribution in [0.5, 0.6) is 0 Å². The topological polar surface area (TPSA) is 98.5 Å². The average Bonchev–Trinajstić information content (AvgIpc) is 2.80. The van der Waals surface area contributed by atoms with Gasteiger partial charge in [-0.3, -0.25) is 13.8 Å². The molecule has 9 heteroatoms. The van der Waals surface area contributed by atoms with E-state index in [1.165, 1.54) is 12.1 Å². The van der Waals surface area contributed by atoms with Gasteiger partial charge in [-0.25, -0.2) is 8.60 Å². The highest BCUT2D eigenvalue weighted by Gasteiger charge is 2.34. The second-order valence-electron chi connectivity index (χ2n) is 7.91. The third-order valence-electron chi connectivity index (χ3n) is 5.64. The van der Waals surface area contributed by atoms with Crippen molar-refractivity contribution in [2.75, 3.05) is 5.33 Å². The Morgan fingerprint density at radius 2 is 1.84 bits per heavy atom. The lowest BCUT2D eigenvalue weighted by molar-refractivity contribution is -0.127. The molecular formula is C23H26BrFN2O4S. The SMILES string of the molecule is C[C@@H](NC(=O)C1CC[C@@H](N)C(OS(=O)c2ccc(C(=O)CBr)cc2)C1)c1ccc(F)cc1. The highest BCUT2D eigenvalue weighted by Crippen LogP contribution is 2.28. The van der Waals surface area contributed by atoms with Gasteiger partial charge in [0.15, 0.2) is 16.9 Å². The lowest BCUT2D eigenvalue weighted by Crippen LogP contribution is -2.46. The zero-order chi connectivity index (χ0) is 23.3. The smallest absolute Gasteiger partial charge is 0.223 e. The largest absolute Gasteiger partial charge is 0.349 e. The Hall–Kier alpha value is -1.94. The number of benzene rings is 2. The highest BCUT2D eigenvalue weighted by molar-refractivity contribution is 9.09. The van der Waals surface area contributed by atoms with Crippen LogP contribution < -0.4 is 11.1 Å². The van der Waals surface area contributed by atoms with Crippen molar-refractivity contribution in [1.82, 2.24) is 5.32 Å². The molecule has 1 aliphatic rings. The van der Waals surface area contributed by atoms with E-state index in [4.69, 9.17) is 9.92 Å². The van der Waals surface area contributed by atoms with E-state index in [-0.39, 0.29) is 40.8 Å². The van der Waals surface area contributed by atoms with Crippen LogP contribution in [0.15, 0.2) is 53.4 Å². The molecule has 1 saturated carbocycles. The van der Waals surface area contributed by atoms with Crippen LogP contribution in [0.1, 0.15) is 48.1 Å². The second-order valence-corrected chi connectivity index (χ2v) is 9.60. The van der Waals surface area contributed by atoms with Gasteiger partial charge in [-0.1, -0.05) is 40.2 Å². The number of carbonyl (C=O) groups excluding carboxylic acids is 2. The number of nitrogens with two attached hydrogens (primary N) is 1. The summed E-state index contributed by atoms with van der Waals surface area (Å²) in [5, 5.41) is 3.17. The molecule has 0 aliphatic heterocycles. The number of rotatable bonds is 8. The Bertz CT molecular complexity index is 971. The molecule has 0 heterocycles. The summed E-state index contributed by atoms with van der Waals surface area (Å²) in [5.74, 6) is -0.850. The van der Waals surface area contributed by atoms with Crippen LogP contribution in [0.25, 0.3) is 0 Å². The van der Waals surface area contributed by atoms with Crippen molar-refractivity contribution < 1.29 is 22.4 Å². The minimum Gasteiger partial charge on any atom is -0.349 e. The molecule has 0 bridgehead atoms. The summed E-state index contributed by atoms with van der Waals surface area (Å²) >= 11 is 1.36. The molecule has 3 N–H and O–H groups in total. The van der Waals surface area contributed by atoms with Gasteiger partial charge in [-0.2, -0.15) is 0 Å². The van der Waals surface area contributed by atoms with Gasteiger partial charge >= 0.3 is 0 Å². The number of ketones is 1. The van der Waals surface area contributed by atoms with E-state index in [1.807, 2.05) is 6.92 Å². The van der Waals surface area contributed by atoms with Crippen molar-refractivity contribution in [2.45, 2.75) is 49.3 Å². The minimum absolute atomic E-state index is 0.0683. The van der Waals surface area contributed by atoms with Crippen LogP contribution in [0, 0.1) is 11.7 Å². The lowest BCUT2D eigenvalue weighted by atomic mass is 9.83. The number of nitrogens with one attached hydrogen (secondary N) is 1. The average molecular weight is 525 g/mol. The first-order valence-corrected chi connectivity index (χ1v) is 12.6. The quantitative estimate of drug-likeness (QED) is 0.404. The molecule has 0 aromatic heterocycles. The number of amides is 1. The Labute approximate surface area is 197 Å². The van der Waals surface area contributed by atoms with E-state index in [1.54, 1.807) is 36.4 Å². The third-order valence-corrected chi connectivity index (χ3v) is 7.23. The number of hydrogen-bond acceptors (Lipinski definition) is 5. The van der Waals surface area contributed by atoms with E-state index in [0.717, 1.165) is 5.56 Å². The van der Waals surface area contributed by atoms with Gasteiger partial charge in [-0.15, -0.1) is 0 Å². The van der Waals surface area contributed by atoms with Crippen LogP contribution in [-0.2, 0) is 20.1 Å². The zero-order valence-electron chi connectivity index (χ0n) is 17.6. The van der Waals surface area contributed by atoms with Crippen LogP contribution in [0.4, 0.5) is 4.39 Å². The Balaban J connectivity index is 1.59. The molecule has 1 amide bonds. The molecule has 0 spiro atoms. The number of hydrogen-bond donors (Lipinski definition) is 2. The van der Waals surface area contributed by atoms with Crippen molar-refractivity contribution in [3.8, 4) is 0 Å². The van der Waals surface area contributed by atoms with Gasteiger partial charge in [0.25, 0.3) is 0 Å². The van der Waals surface area contributed by atoms with Gasteiger partial charge in [0.1, 0.15) is 5.82 Å². The standard InChI is InChI=1S/C23H26BrFN2O4S/c1-14(15-2-7-18(25)8-3-15)27-23(29)17-6-11-20(26)22(12-17)31-32(30)19-9-4-16(5-10-19)21(28)13-24/h2-5,7-10,14,17,20,22H,6,11-13,26H2,1H3,(H,27,29)/t14-,17?,20-,22?,32?/m1/s1. The van der Waals surface area contributed by atoms with Crippen molar-refractivity contribution in [2.24, 2.45) is 11.7 Å². The molecule has 1 fully saturated rings. The lowest BCUT2D eigenvalue weighted by Gasteiger charge is -2.33. The predicted molar refractivity (Wildman–Crippen MR) is 124 cm³/mol. The van der Waals surface area contributed by atoms with E-state index in [9.17, 15) is 18.2 Å². The molecular weight excluding hydrogens is 499 g/mol. The van der Waals surface area contributed by atoms with Crippen LogP contribution in [0.2, 0.25) is 0 Å². The summed E-state index contributed by atoms with van der Waals surface area (Å²) in [7, 11) is 0. The van der Waals surface area contributed by atoms with Crippen LogP contribution in [-0.4, -0.2) is 33.4 Å². The fourth-order valence-electron chi connectivity index (χ4n) is 3.66. The van der Waals surface area contributed by atoms with E-state index >= 15 is 0 Å². The van der Waals surface area contributed by atoms with E-state index in [2.05, 4.69) is 21.2 Å². The van der Waals surface area contributed by atoms with Gasteiger partial charge in [-0.05, 0) is 56.0 Å². The fraction of sp³-hybridized carbons (Fsp3) is 0.391. The molecule has 0 radical (unpaired) electrons. The summed E-state index contributed by atoms with van der Waals surface area (Å²) in [4.78, 5) is 24.9. The third kappa shape index (κ3) is 6.31. The van der Waals surface area contributed by atoms with Crippen molar-refractivity contribution in [3.63, 3.8) is 0 Å². The van der Waals surface area contributed by atoms with E-state index in [0.29, 0.717) is 29.7 Å². The molecule has 5 atom stereocenters. The first kappa shape index (κ1) is 24.7. The predicted octanol–water partition coefficient (Wildman–Crippen LogP) is 3.82. The normalized spacial score (nSPS) is 22.7. The first-order chi connectivity index (χ1) is 15.3. The molecule has 1 aliphatic carbocycles. The first-order valence-electron chi connectivity index (χ1n) is 10.4. The Morgan fingerprint density at radius 1 is 1.19 bits per heavy atom. The maximum Gasteiger partial charge on any atom is 0.223 e. The van der Waals surface area contributed by atoms with Crippen molar-refractivity contribution in [1.29, 1.82) is 0 Å². The molecule has 32 heavy (non-hydrogen) atoms. The number of alkyl halides is 1. The Morgan fingerprint density at radius 3 is 2.47 bits per heavy atom.